The smallest absolute Gasteiger partial charge is 0.126 e. The highest BCUT2D eigenvalue weighted by atomic mass is 19.1. The van der Waals surface area contributed by atoms with Crippen molar-refractivity contribution in [1.82, 2.24) is 0 Å². The van der Waals surface area contributed by atoms with Gasteiger partial charge in [0, 0.05) is 0 Å². The lowest BCUT2D eigenvalue weighted by molar-refractivity contribution is 0.0748. The zero-order valence-corrected chi connectivity index (χ0v) is 18.1. The van der Waals surface area contributed by atoms with Gasteiger partial charge >= 0.3 is 0 Å². The molecular formula is C28H39F. The van der Waals surface area contributed by atoms with Crippen LogP contribution >= 0.6 is 0 Å². The number of benzene rings is 1. The molecule has 0 aromatic heterocycles. The molecule has 0 nitrogen and oxygen atoms in total. The van der Waals surface area contributed by atoms with E-state index in [9.17, 15) is 4.39 Å². The third-order valence-electron chi connectivity index (χ3n) is 8.64. The molecule has 1 aromatic carbocycles. The van der Waals surface area contributed by atoms with Crippen LogP contribution in [-0.4, -0.2) is 0 Å². The van der Waals surface area contributed by atoms with Gasteiger partial charge in [0.1, 0.15) is 5.82 Å². The number of hydrogen-bond donors (Lipinski definition) is 0. The summed E-state index contributed by atoms with van der Waals surface area (Å²) in [5.74, 6) is 5.09. The molecule has 3 aliphatic rings. The Labute approximate surface area is 177 Å². The molecule has 0 amide bonds. The normalized spacial score (nSPS) is 34.9. The minimum atomic E-state index is -0.00897. The van der Waals surface area contributed by atoms with Gasteiger partial charge in [0.05, 0.1) is 0 Å². The minimum absolute atomic E-state index is 0.00897. The third-order valence-corrected chi connectivity index (χ3v) is 8.64. The van der Waals surface area contributed by atoms with E-state index in [0.717, 1.165) is 48.0 Å². The molecule has 1 aromatic rings. The molecule has 4 atom stereocenters. The predicted molar refractivity (Wildman–Crippen MR) is 121 cm³/mol. The van der Waals surface area contributed by atoms with E-state index in [1.165, 1.54) is 69.8 Å². The third kappa shape index (κ3) is 4.86. The first-order valence-corrected chi connectivity index (χ1v) is 12.2. The van der Waals surface area contributed by atoms with Crippen molar-refractivity contribution in [2.75, 3.05) is 0 Å². The van der Waals surface area contributed by atoms with Crippen LogP contribution in [0.3, 0.4) is 0 Å². The molecular weight excluding hydrogens is 355 g/mol. The zero-order valence-electron chi connectivity index (χ0n) is 18.1. The van der Waals surface area contributed by atoms with Crippen molar-refractivity contribution in [3.8, 4) is 0 Å². The Balaban J connectivity index is 1.32. The van der Waals surface area contributed by atoms with Gasteiger partial charge in [-0.3, -0.25) is 0 Å². The van der Waals surface area contributed by atoms with Crippen LogP contribution in [0.5, 0.6) is 0 Å². The first kappa shape index (κ1) is 20.9. The maximum atomic E-state index is 14.5. The Morgan fingerprint density at radius 2 is 1.48 bits per heavy atom. The van der Waals surface area contributed by atoms with Gasteiger partial charge in [0.25, 0.3) is 0 Å². The Kier molecular flexibility index (Phi) is 6.93. The number of aryl methyl sites for hydroxylation is 1. The predicted octanol–water partition coefficient (Wildman–Crippen LogP) is 8.24. The largest absolute Gasteiger partial charge is 0.207 e. The van der Waals surface area contributed by atoms with Crippen LogP contribution < -0.4 is 0 Å². The minimum Gasteiger partial charge on any atom is -0.207 e. The molecule has 0 radical (unpaired) electrons. The SMILES string of the molecule is C=CCCc1ccc(C2CCC3CC(C4CCC(C=C)CC4)CCC3C2)cc1F. The summed E-state index contributed by atoms with van der Waals surface area (Å²) in [6.45, 7) is 7.75. The molecule has 0 N–H and O–H groups in total. The van der Waals surface area contributed by atoms with Crippen LogP contribution in [0.15, 0.2) is 43.5 Å². The summed E-state index contributed by atoms with van der Waals surface area (Å²) in [5.41, 5.74) is 2.09. The standard InChI is InChI=1S/C28H39F/c1-3-5-6-22-11-12-27(19-28(22)29)26-16-15-24-17-23(13-14-25(24)18-26)21-9-7-20(4-2)8-10-21/h3-4,11-12,19-21,23-26H,1-2,5-10,13-18H2. The summed E-state index contributed by atoms with van der Waals surface area (Å²) >= 11 is 0. The molecule has 0 spiro atoms. The van der Waals surface area contributed by atoms with Crippen LogP contribution in [0.1, 0.15) is 87.7 Å². The van der Waals surface area contributed by atoms with Crippen LogP contribution in [0.4, 0.5) is 4.39 Å². The molecule has 4 rings (SSSR count). The quantitative estimate of drug-likeness (QED) is 0.426. The van der Waals surface area contributed by atoms with E-state index in [2.05, 4.69) is 25.3 Å². The topological polar surface area (TPSA) is 0 Å². The fraction of sp³-hybridized carbons (Fsp3) is 0.643. The molecule has 0 heterocycles. The van der Waals surface area contributed by atoms with Gasteiger partial charge in [-0.1, -0.05) is 24.3 Å². The second kappa shape index (κ2) is 9.63. The lowest BCUT2D eigenvalue weighted by Crippen LogP contribution is -2.34. The van der Waals surface area contributed by atoms with Gasteiger partial charge in [0.15, 0.2) is 0 Å². The summed E-state index contributed by atoms with van der Waals surface area (Å²) in [7, 11) is 0. The van der Waals surface area contributed by atoms with Crippen molar-refractivity contribution in [2.24, 2.45) is 29.6 Å². The second-order valence-electron chi connectivity index (χ2n) is 10.2. The Morgan fingerprint density at radius 3 is 2.17 bits per heavy atom. The van der Waals surface area contributed by atoms with E-state index in [4.69, 9.17) is 0 Å². The Morgan fingerprint density at radius 1 is 0.828 bits per heavy atom. The maximum Gasteiger partial charge on any atom is 0.126 e. The van der Waals surface area contributed by atoms with Crippen LogP contribution in [0.25, 0.3) is 0 Å². The number of hydrogen-bond acceptors (Lipinski definition) is 0. The molecule has 1 heteroatoms. The van der Waals surface area contributed by atoms with Crippen molar-refractivity contribution >= 4 is 0 Å². The Bertz CT molecular complexity index is 696. The van der Waals surface area contributed by atoms with E-state index in [1.807, 2.05) is 18.2 Å². The fourth-order valence-electron chi connectivity index (χ4n) is 6.79. The first-order chi connectivity index (χ1) is 14.2. The highest BCUT2D eigenvalue weighted by Crippen LogP contribution is 2.51. The van der Waals surface area contributed by atoms with Gasteiger partial charge in [-0.25, -0.2) is 4.39 Å². The van der Waals surface area contributed by atoms with Crippen molar-refractivity contribution in [2.45, 2.75) is 83.0 Å². The molecule has 0 bridgehead atoms. The summed E-state index contributed by atoms with van der Waals surface area (Å²) in [6.07, 6.45) is 19.5. The lowest BCUT2D eigenvalue weighted by atomic mass is 9.60. The average Bonchev–Trinajstić information content (AvgIpc) is 2.77. The van der Waals surface area contributed by atoms with Gasteiger partial charge < -0.3 is 0 Å². The van der Waals surface area contributed by atoms with Crippen LogP contribution in [0, 0.1) is 35.4 Å². The van der Waals surface area contributed by atoms with E-state index in [-0.39, 0.29) is 5.82 Å². The van der Waals surface area contributed by atoms with Crippen LogP contribution in [-0.2, 0) is 6.42 Å². The van der Waals surface area contributed by atoms with E-state index < -0.39 is 0 Å². The molecule has 3 aliphatic carbocycles. The maximum absolute atomic E-state index is 14.5. The van der Waals surface area contributed by atoms with Crippen LogP contribution in [0.2, 0.25) is 0 Å². The summed E-state index contributed by atoms with van der Waals surface area (Å²) in [4.78, 5) is 0. The molecule has 0 aliphatic heterocycles. The van der Waals surface area contributed by atoms with E-state index >= 15 is 0 Å². The second-order valence-corrected chi connectivity index (χ2v) is 10.2. The lowest BCUT2D eigenvalue weighted by Gasteiger charge is -2.45. The first-order valence-electron chi connectivity index (χ1n) is 12.2. The van der Waals surface area contributed by atoms with Gasteiger partial charge in [0.2, 0.25) is 0 Å². The monoisotopic (exact) mass is 394 g/mol. The Hall–Kier alpha value is -1.37. The molecule has 3 fully saturated rings. The zero-order chi connectivity index (χ0) is 20.2. The number of allylic oxidation sites excluding steroid dienone is 2. The number of halogens is 1. The number of fused-ring (bicyclic) bond motifs is 1. The van der Waals surface area contributed by atoms with E-state index in [1.54, 1.807) is 0 Å². The van der Waals surface area contributed by atoms with Crippen molar-refractivity contribution in [3.05, 3.63) is 60.5 Å². The molecule has 0 saturated heterocycles. The highest BCUT2D eigenvalue weighted by molar-refractivity contribution is 5.28. The molecule has 3 saturated carbocycles. The number of rotatable bonds is 6. The highest BCUT2D eigenvalue weighted by Gasteiger charge is 2.38. The summed E-state index contributed by atoms with van der Waals surface area (Å²) < 4.78 is 14.5. The van der Waals surface area contributed by atoms with Gasteiger partial charge in [-0.2, -0.15) is 0 Å². The average molecular weight is 395 g/mol. The van der Waals surface area contributed by atoms with Gasteiger partial charge in [-0.05, 0) is 130 Å². The van der Waals surface area contributed by atoms with Crippen molar-refractivity contribution in [1.29, 1.82) is 0 Å². The molecule has 4 unspecified atom stereocenters. The molecule has 29 heavy (non-hydrogen) atoms. The van der Waals surface area contributed by atoms with Gasteiger partial charge in [-0.15, -0.1) is 13.2 Å². The van der Waals surface area contributed by atoms with E-state index in [0.29, 0.717) is 5.92 Å². The van der Waals surface area contributed by atoms with Crippen molar-refractivity contribution in [3.63, 3.8) is 0 Å². The van der Waals surface area contributed by atoms with Crippen molar-refractivity contribution < 1.29 is 4.39 Å². The fourth-order valence-corrected chi connectivity index (χ4v) is 6.79. The summed E-state index contributed by atoms with van der Waals surface area (Å²) in [5, 5.41) is 0. The summed E-state index contributed by atoms with van der Waals surface area (Å²) in [6, 6.07) is 6.07. The molecule has 158 valence electrons.